The minimum absolute atomic E-state index is 0.0335. The maximum absolute atomic E-state index is 12.0. The molecule has 3 heterocycles. The fourth-order valence-electron chi connectivity index (χ4n) is 2.55. The van der Waals surface area contributed by atoms with Gasteiger partial charge in [0.15, 0.2) is 0 Å². The molecule has 7 nitrogen and oxygen atoms in total. The standard InChI is InChI=1S/C15H24N6OS/c1-15(2,3)11-10-21-12(16-11)23-13(17-21)19-6-8-20(9-7-19)14(22)18(4)5/h10H,6-9H2,1-5H3. The fraction of sp³-hybridized carbons (Fsp3) is 0.667. The third-order valence-electron chi connectivity index (χ3n) is 4.00. The molecule has 1 aliphatic heterocycles. The Hall–Kier alpha value is -1.83. The summed E-state index contributed by atoms with van der Waals surface area (Å²) in [5.74, 6) is 0. The number of anilines is 1. The van der Waals surface area contributed by atoms with Gasteiger partial charge < -0.3 is 14.7 Å². The SMILES string of the molecule is CN(C)C(=O)N1CCN(c2nn3cc(C(C)(C)C)nc3s2)CC1. The van der Waals surface area contributed by atoms with E-state index in [1.54, 1.807) is 30.3 Å². The van der Waals surface area contributed by atoms with Crippen LogP contribution in [0.5, 0.6) is 0 Å². The van der Waals surface area contributed by atoms with Gasteiger partial charge in [0.25, 0.3) is 0 Å². The van der Waals surface area contributed by atoms with Gasteiger partial charge >= 0.3 is 6.03 Å². The van der Waals surface area contributed by atoms with Gasteiger partial charge in [-0.15, -0.1) is 5.10 Å². The van der Waals surface area contributed by atoms with E-state index in [1.165, 1.54) is 0 Å². The van der Waals surface area contributed by atoms with E-state index < -0.39 is 0 Å². The average Bonchev–Trinajstić information content (AvgIpc) is 3.04. The van der Waals surface area contributed by atoms with E-state index >= 15 is 0 Å². The largest absolute Gasteiger partial charge is 0.343 e. The third kappa shape index (κ3) is 3.12. The third-order valence-corrected chi connectivity index (χ3v) is 4.99. The number of aromatic nitrogens is 3. The quantitative estimate of drug-likeness (QED) is 0.798. The Morgan fingerprint density at radius 1 is 1.22 bits per heavy atom. The molecule has 0 N–H and O–H groups in total. The second-order valence-electron chi connectivity index (χ2n) is 7.14. The smallest absolute Gasteiger partial charge is 0.319 e. The minimum atomic E-state index is 0.0335. The van der Waals surface area contributed by atoms with Crippen molar-refractivity contribution in [1.82, 2.24) is 24.4 Å². The van der Waals surface area contributed by atoms with Gasteiger partial charge in [-0.25, -0.2) is 14.3 Å². The highest BCUT2D eigenvalue weighted by Gasteiger charge is 2.25. The molecule has 8 heteroatoms. The number of rotatable bonds is 1. The molecule has 126 valence electrons. The van der Waals surface area contributed by atoms with Crippen LogP contribution in [0.25, 0.3) is 4.96 Å². The van der Waals surface area contributed by atoms with Crippen molar-refractivity contribution in [2.24, 2.45) is 0 Å². The first-order valence-corrected chi connectivity index (χ1v) is 8.65. The van der Waals surface area contributed by atoms with Crippen molar-refractivity contribution in [1.29, 1.82) is 0 Å². The number of hydrogen-bond acceptors (Lipinski definition) is 5. The van der Waals surface area contributed by atoms with Crippen molar-refractivity contribution in [2.45, 2.75) is 26.2 Å². The van der Waals surface area contributed by atoms with Gasteiger partial charge in [-0.05, 0) is 0 Å². The first-order valence-electron chi connectivity index (χ1n) is 7.83. The first kappa shape index (κ1) is 16.0. The van der Waals surface area contributed by atoms with Crippen LogP contribution in [0, 0.1) is 0 Å². The Labute approximate surface area is 140 Å². The average molecular weight is 336 g/mol. The summed E-state index contributed by atoms with van der Waals surface area (Å²) in [5, 5.41) is 5.64. The monoisotopic (exact) mass is 336 g/mol. The second-order valence-corrected chi connectivity index (χ2v) is 8.07. The molecule has 0 aliphatic carbocycles. The van der Waals surface area contributed by atoms with Crippen LogP contribution in [0.15, 0.2) is 6.20 Å². The molecular formula is C15H24N6OS. The molecular weight excluding hydrogens is 312 g/mol. The van der Waals surface area contributed by atoms with E-state index in [0.717, 1.165) is 42.0 Å². The van der Waals surface area contributed by atoms with Gasteiger partial charge in [-0.1, -0.05) is 32.1 Å². The van der Waals surface area contributed by atoms with Crippen LogP contribution < -0.4 is 4.90 Å². The number of imidazole rings is 1. The second kappa shape index (κ2) is 5.67. The zero-order valence-corrected chi connectivity index (χ0v) is 15.2. The Morgan fingerprint density at radius 2 is 1.87 bits per heavy atom. The minimum Gasteiger partial charge on any atom is -0.343 e. The topological polar surface area (TPSA) is 57.0 Å². The summed E-state index contributed by atoms with van der Waals surface area (Å²) in [6, 6.07) is 0.0772. The van der Waals surface area contributed by atoms with Crippen molar-refractivity contribution in [3.05, 3.63) is 11.9 Å². The molecule has 23 heavy (non-hydrogen) atoms. The molecule has 0 unspecified atom stereocenters. The zero-order valence-electron chi connectivity index (χ0n) is 14.4. The van der Waals surface area contributed by atoms with Crippen LogP contribution in [0.1, 0.15) is 26.5 Å². The molecule has 0 radical (unpaired) electrons. The highest BCUT2D eigenvalue weighted by atomic mass is 32.1. The van der Waals surface area contributed by atoms with Gasteiger partial charge in [-0.2, -0.15) is 0 Å². The van der Waals surface area contributed by atoms with Crippen LogP contribution >= 0.6 is 11.3 Å². The lowest BCUT2D eigenvalue weighted by Gasteiger charge is -2.35. The highest BCUT2D eigenvalue weighted by Crippen LogP contribution is 2.28. The predicted octanol–water partition coefficient (Wildman–Crippen LogP) is 1.89. The van der Waals surface area contributed by atoms with Gasteiger partial charge in [0, 0.05) is 45.7 Å². The number of carbonyl (C=O) groups is 1. The van der Waals surface area contributed by atoms with Crippen LogP contribution in [0.3, 0.4) is 0 Å². The number of nitrogens with zero attached hydrogens (tertiary/aromatic N) is 6. The number of carbonyl (C=O) groups excluding carboxylic acids is 1. The maximum atomic E-state index is 12.0. The first-order chi connectivity index (χ1) is 10.8. The van der Waals surface area contributed by atoms with Crippen LogP contribution in [-0.4, -0.2) is 70.7 Å². The summed E-state index contributed by atoms with van der Waals surface area (Å²) in [5.41, 5.74) is 1.09. The molecule has 0 spiro atoms. The Kier molecular flexibility index (Phi) is 3.95. The van der Waals surface area contributed by atoms with Crippen LogP contribution in [0.2, 0.25) is 0 Å². The van der Waals surface area contributed by atoms with E-state index in [1.807, 2.05) is 15.6 Å². The van der Waals surface area contributed by atoms with Crippen molar-refractivity contribution >= 4 is 27.5 Å². The van der Waals surface area contributed by atoms with E-state index in [-0.39, 0.29) is 11.4 Å². The van der Waals surface area contributed by atoms with Crippen molar-refractivity contribution in [3.8, 4) is 0 Å². The number of amides is 2. The van der Waals surface area contributed by atoms with E-state index in [4.69, 9.17) is 0 Å². The van der Waals surface area contributed by atoms with Crippen molar-refractivity contribution < 1.29 is 4.79 Å². The summed E-state index contributed by atoms with van der Waals surface area (Å²) in [4.78, 5) is 23.3. The fourth-order valence-corrected chi connectivity index (χ4v) is 3.49. The van der Waals surface area contributed by atoms with Crippen LogP contribution in [0.4, 0.5) is 9.93 Å². The summed E-state index contributed by atoms with van der Waals surface area (Å²) >= 11 is 1.61. The Morgan fingerprint density at radius 3 is 2.39 bits per heavy atom. The van der Waals surface area contributed by atoms with Gasteiger partial charge in [0.2, 0.25) is 10.1 Å². The lowest BCUT2D eigenvalue weighted by molar-refractivity contribution is 0.168. The number of urea groups is 1. The van der Waals surface area contributed by atoms with Gasteiger partial charge in [0.1, 0.15) is 0 Å². The molecule has 3 rings (SSSR count). The number of hydrogen-bond donors (Lipinski definition) is 0. The lowest BCUT2D eigenvalue weighted by Crippen LogP contribution is -2.51. The maximum Gasteiger partial charge on any atom is 0.319 e. The molecule has 2 amide bonds. The van der Waals surface area contributed by atoms with E-state index in [9.17, 15) is 4.79 Å². The van der Waals surface area contributed by atoms with Gasteiger partial charge in [-0.3, -0.25) is 0 Å². The molecule has 0 saturated carbocycles. The number of fused-ring (bicyclic) bond motifs is 1. The van der Waals surface area contributed by atoms with Crippen molar-refractivity contribution in [2.75, 3.05) is 45.2 Å². The molecule has 1 fully saturated rings. The number of piperazine rings is 1. The Balaban J connectivity index is 1.70. The Bertz CT molecular complexity index is 674. The summed E-state index contributed by atoms with van der Waals surface area (Å²) in [7, 11) is 3.58. The summed E-state index contributed by atoms with van der Waals surface area (Å²) < 4.78 is 1.87. The van der Waals surface area contributed by atoms with Crippen molar-refractivity contribution in [3.63, 3.8) is 0 Å². The highest BCUT2D eigenvalue weighted by molar-refractivity contribution is 7.20. The van der Waals surface area contributed by atoms with Crippen LogP contribution in [-0.2, 0) is 5.41 Å². The predicted molar refractivity (Wildman–Crippen MR) is 92.4 cm³/mol. The summed E-state index contributed by atoms with van der Waals surface area (Å²) in [6.45, 7) is 9.53. The molecule has 2 aromatic heterocycles. The van der Waals surface area contributed by atoms with Gasteiger partial charge in [0.05, 0.1) is 11.9 Å². The molecule has 1 aliphatic rings. The normalized spacial score (nSPS) is 16.2. The zero-order chi connectivity index (χ0) is 16.8. The van der Waals surface area contributed by atoms with E-state index in [0.29, 0.717) is 0 Å². The summed E-state index contributed by atoms with van der Waals surface area (Å²) in [6.07, 6.45) is 2.02. The molecule has 0 atom stereocenters. The molecule has 0 bridgehead atoms. The molecule has 1 saturated heterocycles. The lowest BCUT2D eigenvalue weighted by atomic mass is 9.93. The molecule has 0 aromatic carbocycles. The van der Waals surface area contributed by atoms with E-state index in [2.05, 4.69) is 35.8 Å². The molecule has 2 aromatic rings.